The van der Waals surface area contributed by atoms with Crippen molar-refractivity contribution in [3.05, 3.63) is 76.0 Å². The van der Waals surface area contributed by atoms with Crippen LogP contribution in [-0.4, -0.2) is 50.4 Å². The van der Waals surface area contributed by atoms with Gasteiger partial charge in [-0.2, -0.15) is 0 Å². The quantitative estimate of drug-likeness (QED) is 0.235. The van der Waals surface area contributed by atoms with Crippen molar-refractivity contribution in [2.45, 2.75) is 0 Å². The van der Waals surface area contributed by atoms with Gasteiger partial charge in [0.25, 0.3) is 0 Å². The summed E-state index contributed by atoms with van der Waals surface area (Å²) in [5.74, 6) is 0.0777. The van der Waals surface area contributed by atoms with Crippen molar-refractivity contribution in [3.8, 4) is 11.3 Å². The highest BCUT2D eigenvalue weighted by molar-refractivity contribution is 7.80. The van der Waals surface area contributed by atoms with Crippen molar-refractivity contribution in [1.29, 1.82) is 0 Å². The first-order chi connectivity index (χ1) is 17.8. The fourth-order valence-corrected chi connectivity index (χ4v) is 4.46. The van der Waals surface area contributed by atoms with Gasteiger partial charge in [0.2, 0.25) is 5.91 Å². The van der Waals surface area contributed by atoms with E-state index in [0.29, 0.717) is 59.1 Å². The maximum Gasteiger partial charge on any atom is 0.337 e. The molecule has 1 aromatic heterocycles. The average Bonchev–Trinajstić information content (AvgIpc) is 3.36. The minimum absolute atomic E-state index is 0.0693. The molecule has 0 atom stereocenters. The molecule has 1 aliphatic rings. The molecule has 0 radical (unpaired) electrons. The zero-order valence-corrected chi connectivity index (χ0v) is 22.1. The molecule has 0 spiro atoms. The van der Waals surface area contributed by atoms with Crippen LogP contribution in [0.4, 0.5) is 11.4 Å². The van der Waals surface area contributed by atoms with Crippen LogP contribution in [0.25, 0.3) is 17.4 Å². The summed E-state index contributed by atoms with van der Waals surface area (Å²) in [6, 6.07) is 13.7. The molecular formula is C26H23Cl2N3O5S. The van der Waals surface area contributed by atoms with E-state index in [1.807, 2.05) is 6.07 Å². The van der Waals surface area contributed by atoms with E-state index in [1.165, 1.54) is 19.3 Å². The second-order valence-electron chi connectivity index (χ2n) is 7.96. The van der Waals surface area contributed by atoms with Crippen molar-refractivity contribution in [1.82, 2.24) is 5.32 Å². The number of hydrogen-bond donors (Lipinski definition) is 2. The predicted molar refractivity (Wildman–Crippen MR) is 148 cm³/mol. The zero-order chi connectivity index (χ0) is 26.4. The summed E-state index contributed by atoms with van der Waals surface area (Å²) in [5, 5.41) is 6.67. The van der Waals surface area contributed by atoms with Crippen molar-refractivity contribution >= 4 is 69.9 Å². The fourth-order valence-electron chi connectivity index (χ4n) is 3.72. The number of hydrogen-bond acceptors (Lipinski definition) is 7. The Morgan fingerprint density at radius 2 is 1.78 bits per heavy atom. The summed E-state index contributed by atoms with van der Waals surface area (Å²) in [7, 11) is 1.31. The number of carbonyl (C=O) groups is 2. The SMILES string of the molecule is COC(=O)c1ccc(N2CCOCC2)c(NC(=S)NC(=O)/C=C/c2ccc(-c3cc(Cl)cc(Cl)c3)o2)c1. The van der Waals surface area contributed by atoms with E-state index >= 15 is 0 Å². The summed E-state index contributed by atoms with van der Waals surface area (Å²) in [4.78, 5) is 26.6. The van der Waals surface area contributed by atoms with E-state index in [4.69, 9.17) is 49.3 Å². The molecule has 4 rings (SSSR count). The van der Waals surface area contributed by atoms with Gasteiger partial charge in [0.1, 0.15) is 11.5 Å². The van der Waals surface area contributed by atoms with E-state index in [9.17, 15) is 9.59 Å². The van der Waals surface area contributed by atoms with Crippen molar-refractivity contribution in [3.63, 3.8) is 0 Å². The van der Waals surface area contributed by atoms with E-state index in [-0.39, 0.29) is 5.11 Å². The Kier molecular flexibility index (Phi) is 8.83. The van der Waals surface area contributed by atoms with Crippen LogP contribution in [-0.2, 0) is 14.3 Å². The van der Waals surface area contributed by atoms with Gasteiger partial charge >= 0.3 is 5.97 Å². The lowest BCUT2D eigenvalue weighted by molar-refractivity contribution is -0.115. The molecular weight excluding hydrogens is 537 g/mol. The summed E-state index contributed by atoms with van der Waals surface area (Å²) in [6.07, 6.45) is 2.82. The standard InChI is InChI=1S/C26H23Cl2N3O5S/c1-34-25(33)16-2-5-22(31-8-10-35-11-9-31)21(14-16)29-26(37)30-24(32)7-4-20-3-6-23(36-20)17-12-18(27)15-19(28)13-17/h2-7,12-15H,8-11H2,1H3,(H2,29,30,32,37)/b7-4+. The van der Waals surface area contributed by atoms with Crippen LogP contribution in [0.5, 0.6) is 0 Å². The van der Waals surface area contributed by atoms with Crippen LogP contribution < -0.4 is 15.5 Å². The Balaban J connectivity index is 1.42. The Bertz CT molecular complexity index is 1330. The van der Waals surface area contributed by atoms with Crippen LogP contribution in [0.15, 0.2) is 59.0 Å². The number of methoxy groups -OCH3 is 1. The molecule has 2 N–H and O–H groups in total. The predicted octanol–water partition coefficient (Wildman–Crippen LogP) is 5.40. The van der Waals surface area contributed by atoms with Crippen LogP contribution in [0.1, 0.15) is 16.1 Å². The molecule has 0 saturated carbocycles. The monoisotopic (exact) mass is 559 g/mol. The molecule has 1 amide bonds. The van der Waals surface area contributed by atoms with Crippen molar-refractivity contribution < 1.29 is 23.5 Å². The second-order valence-corrected chi connectivity index (χ2v) is 9.24. The van der Waals surface area contributed by atoms with Crippen LogP contribution in [0, 0.1) is 0 Å². The molecule has 11 heteroatoms. The molecule has 1 fully saturated rings. The van der Waals surface area contributed by atoms with Gasteiger partial charge in [0.05, 0.1) is 37.3 Å². The minimum atomic E-state index is -0.479. The van der Waals surface area contributed by atoms with Crippen LogP contribution in [0.3, 0.4) is 0 Å². The lowest BCUT2D eigenvalue weighted by Crippen LogP contribution is -2.38. The number of carbonyl (C=O) groups excluding carboxylic acids is 2. The molecule has 0 aliphatic carbocycles. The summed E-state index contributed by atoms with van der Waals surface area (Å²) >= 11 is 17.5. The summed E-state index contributed by atoms with van der Waals surface area (Å²) in [6.45, 7) is 2.54. The van der Waals surface area contributed by atoms with Gasteiger partial charge in [0, 0.05) is 34.8 Å². The number of anilines is 2. The topological polar surface area (TPSA) is 93.0 Å². The number of furan rings is 1. The Hall–Kier alpha value is -3.37. The lowest BCUT2D eigenvalue weighted by atomic mass is 10.1. The third-order valence-electron chi connectivity index (χ3n) is 5.43. The number of nitrogens with zero attached hydrogens (tertiary/aromatic N) is 1. The van der Waals surface area contributed by atoms with E-state index < -0.39 is 11.9 Å². The van der Waals surface area contributed by atoms with E-state index in [1.54, 1.807) is 42.5 Å². The molecule has 37 heavy (non-hydrogen) atoms. The fraction of sp³-hybridized carbons (Fsp3) is 0.192. The van der Waals surface area contributed by atoms with Crippen molar-refractivity contribution in [2.75, 3.05) is 43.6 Å². The van der Waals surface area contributed by atoms with Gasteiger partial charge in [-0.15, -0.1) is 0 Å². The molecule has 1 saturated heterocycles. The van der Waals surface area contributed by atoms with Crippen molar-refractivity contribution in [2.24, 2.45) is 0 Å². The van der Waals surface area contributed by atoms with Gasteiger partial charge in [-0.25, -0.2) is 4.79 Å². The van der Waals surface area contributed by atoms with Crippen LogP contribution >= 0.6 is 35.4 Å². The molecule has 8 nitrogen and oxygen atoms in total. The lowest BCUT2D eigenvalue weighted by Gasteiger charge is -2.31. The number of ether oxygens (including phenoxy) is 2. The number of nitrogens with one attached hydrogen (secondary N) is 2. The Morgan fingerprint density at radius 3 is 2.49 bits per heavy atom. The maximum atomic E-state index is 12.5. The summed E-state index contributed by atoms with van der Waals surface area (Å²) in [5.41, 5.74) is 2.46. The minimum Gasteiger partial charge on any atom is -0.465 e. The molecule has 1 aliphatic heterocycles. The highest BCUT2D eigenvalue weighted by atomic mass is 35.5. The van der Waals surface area contributed by atoms with Crippen LogP contribution in [0.2, 0.25) is 10.0 Å². The van der Waals surface area contributed by atoms with Gasteiger partial charge < -0.3 is 24.1 Å². The van der Waals surface area contributed by atoms with Gasteiger partial charge in [-0.05, 0) is 66.8 Å². The first kappa shape index (κ1) is 26.7. The van der Waals surface area contributed by atoms with Gasteiger partial charge in [-0.1, -0.05) is 23.2 Å². The van der Waals surface area contributed by atoms with E-state index in [2.05, 4.69) is 15.5 Å². The molecule has 2 heterocycles. The first-order valence-corrected chi connectivity index (χ1v) is 12.4. The zero-order valence-electron chi connectivity index (χ0n) is 19.8. The molecule has 2 aromatic carbocycles. The smallest absolute Gasteiger partial charge is 0.337 e. The number of rotatable bonds is 6. The summed E-state index contributed by atoms with van der Waals surface area (Å²) < 4.78 is 16.0. The average molecular weight is 560 g/mol. The second kappa shape index (κ2) is 12.2. The Labute approximate surface area is 229 Å². The number of halogens is 2. The largest absolute Gasteiger partial charge is 0.465 e. The third kappa shape index (κ3) is 7.11. The number of morpholine rings is 1. The molecule has 3 aromatic rings. The van der Waals surface area contributed by atoms with Gasteiger partial charge in [0.15, 0.2) is 5.11 Å². The molecule has 192 valence electrons. The number of benzene rings is 2. The maximum absolute atomic E-state index is 12.5. The number of amides is 1. The van der Waals surface area contributed by atoms with E-state index in [0.717, 1.165) is 11.3 Å². The van der Waals surface area contributed by atoms with Gasteiger partial charge in [-0.3, -0.25) is 10.1 Å². The molecule has 0 bridgehead atoms. The number of esters is 1. The Morgan fingerprint density at radius 1 is 1.05 bits per heavy atom. The molecule has 0 unspecified atom stereocenters. The highest BCUT2D eigenvalue weighted by Gasteiger charge is 2.18. The first-order valence-electron chi connectivity index (χ1n) is 11.2. The number of thiocarbonyl (C=S) groups is 1. The normalized spacial score (nSPS) is 13.4. The highest BCUT2D eigenvalue weighted by Crippen LogP contribution is 2.30. The third-order valence-corrected chi connectivity index (χ3v) is 6.07.